The highest BCUT2D eigenvalue weighted by Gasteiger charge is 2.30. The molecule has 7 N–H and O–H groups in total. The Labute approximate surface area is 212 Å². The number of carbonyl (C=O) groups is 2. The number of sulfonamides is 1. The number of halogens is 1. The molecule has 1 amide bonds. The van der Waals surface area contributed by atoms with E-state index >= 15 is 0 Å². The summed E-state index contributed by atoms with van der Waals surface area (Å²) in [6, 6.07) is 7.19. The fourth-order valence-corrected chi connectivity index (χ4v) is 5.15. The average Bonchev–Trinajstić information content (AvgIpc) is 2.81. The van der Waals surface area contributed by atoms with Gasteiger partial charge in [-0.3, -0.25) is 14.6 Å². The van der Waals surface area contributed by atoms with Crippen molar-refractivity contribution in [2.24, 2.45) is 16.5 Å². The van der Waals surface area contributed by atoms with E-state index in [2.05, 4.69) is 15.0 Å². The lowest BCUT2D eigenvalue weighted by molar-refractivity contribution is -0.139. The third-order valence-corrected chi connectivity index (χ3v) is 6.96. The van der Waals surface area contributed by atoms with E-state index in [0.717, 1.165) is 0 Å². The summed E-state index contributed by atoms with van der Waals surface area (Å²) >= 11 is 5.92. The van der Waals surface area contributed by atoms with Gasteiger partial charge < -0.3 is 31.4 Å². The summed E-state index contributed by atoms with van der Waals surface area (Å²) in [5, 5.41) is 12.5. The number of amides is 1. The lowest BCUT2D eigenvalue weighted by Gasteiger charge is -2.26. The number of benzene rings is 2. The predicted octanol–water partition coefficient (Wildman–Crippen LogP) is 1.08. The predicted molar refractivity (Wildman–Crippen MR) is 133 cm³/mol. The van der Waals surface area contributed by atoms with Gasteiger partial charge in [0.05, 0.1) is 12.8 Å². The molecule has 0 bridgehead atoms. The van der Waals surface area contributed by atoms with Crippen molar-refractivity contribution in [1.82, 2.24) is 4.72 Å². The Morgan fingerprint density at radius 2 is 2.06 bits per heavy atom. The Hall–Kier alpha value is -3.55. The van der Waals surface area contributed by atoms with Gasteiger partial charge in [0.2, 0.25) is 10.0 Å². The minimum absolute atomic E-state index is 0.0116. The maximum absolute atomic E-state index is 12.9. The molecule has 2 aromatic carbocycles. The summed E-state index contributed by atoms with van der Waals surface area (Å²) in [4.78, 5) is 27.9. The zero-order valence-electron chi connectivity index (χ0n) is 19.2. The average molecular weight is 540 g/mol. The van der Waals surface area contributed by atoms with Crippen LogP contribution in [0.4, 0.5) is 5.69 Å². The largest absolute Gasteiger partial charge is 0.495 e. The van der Waals surface area contributed by atoms with Crippen molar-refractivity contribution in [3.63, 3.8) is 0 Å². The lowest BCUT2D eigenvalue weighted by Crippen LogP contribution is -2.42. The molecule has 1 aliphatic heterocycles. The van der Waals surface area contributed by atoms with E-state index in [1.807, 2.05) is 0 Å². The highest BCUT2D eigenvalue weighted by Crippen LogP contribution is 2.32. The molecule has 14 heteroatoms. The molecule has 0 radical (unpaired) electrons. The first-order chi connectivity index (χ1) is 17.0. The molecular weight excluding hydrogens is 514 g/mol. The van der Waals surface area contributed by atoms with Crippen LogP contribution >= 0.6 is 11.6 Å². The van der Waals surface area contributed by atoms with Crippen LogP contribution in [0.2, 0.25) is 5.02 Å². The van der Waals surface area contributed by atoms with Crippen molar-refractivity contribution < 1.29 is 32.6 Å². The van der Waals surface area contributed by atoms with Crippen LogP contribution < -0.4 is 31.0 Å². The minimum atomic E-state index is -4.30. The summed E-state index contributed by atoms with van der Waals surface area (Å²) in [5.74, 6) is -1.37. The number of guanidine groups is 1. The topological polar surface area (TPSA) is 195 Å². The normalized spacial score (nSPS) is 15.7. The number of nitrogens with zero attached hydrogens (tertiary/aromatic N) is 1. The molecule has 0 aromatic heterocycles. The number of carboxylic acid groups (broad SMARTS) is 1. The van der Waals surface area contributed by atoms with Crippen molar-refractivity contribution in [3.8, 4) is 11.5 Å². The van der Waals surface area contributed by atoms with Crippen molar-refractivity contribution in [1.29, 1.82) is 0 Å². The number of carbonyl (C=O) groups excluding carboxylic acids is 1. The number of rotatable bonds is 11. The highest BCUT2D eigenvalue weighted by molar-refractivity contribution is 7.89. The number of carboxylic acids is 1. The van der Waals surface area contributed by atoms with E-state index in [1.54, 1.807) is 12.1 Å². The standard InChI is InChI=1S/C22H26ClN5O7S/c1-34-17-7-5-13(23)11-19(17)36(32,33)28-15(21(30)31)10-12-4-6-16-14(9-12)27-20(29)18(35-16)3-2-8-26-22(24)25/h4-7,9,11,15,18,28H,2-3,8,10H2,1H3,(H,27,29)(H,30,31)(H4,24,25,26)/t15-,18+/m0/s1. The van der Waals surface area contributed by atoms with Crippen LogP contribution in [0.5, 0.6) is 11.5 Å². The van der Waals surface area contributed by atoms with E-state index < -0.39 is 28.1 Å². The molecule has 2 aromatic rings. The summed E-state index contributed by atoms with van der Waals surface area (Å²) in [6.07, 6.45) is -0.0209. The Bertz CT molecular complexity index is 1280. The number of nitrogens with two attached hydrogens (primary N) is 2. The second-order valence-electron chi connectivity index (χ2n) is 7.89. The second-order valence-corrected chi connectivity index (χ2v) is 10.0. The van der Waals surface area contributed by atoms with Crippen LogP contribution in [0.1, 0.15) is 18.4 Å². The van der Waals surface area contributed by atoms with Gasteiger partial charge >= 0.3 is 5.97 Å². The molecule has 1 heterocycles. The number of methoxy groups -OCH3 is 1. The molecule has 0 unspecified atom stereocenters. The first-order valence-electron chi connectivity index (χ1n) is 10.7. The van der Waals surface area contributed by atoms with E-state index in [1.165, 1.54) is 31.4 Å². The summed E-state index contributed by atoms with van der Waals surface area (Å²) in [5.41, 5.74) is 11.4. The number of aliphatic carboxylic acids is 1. The molecule has 0 aliphatic carbocycles. The fourth-order valence-electron chi connectivity index (χ4n) is 3.53. The van der Waals surface area contributed by atoms with Gasteiger partial charge in [0, 0.05) is 11.6 Å². The molecule has 194 valence electrons. The molecule has 12 nitrogen and oxygen atoms in total. The number of nitrogens with one attached hydrogen (secondary N) is 2. The van der Waals surface area contributed by atoms with Crippen LogP contribution in [0, 0.1) is 0 Å². The summed E-state index contributed by atoms with van der Waals surface area (Å²) in [6.45, 7) is 0.356. The molecule has 3 rings (SSSR count). The van der Waals surface area contributed by atoms with Gasteiger partial charge in [-0.2, -0.15) is 4.72 Å². The Kier molecular flexibility index (Phi) is 8.61. The number of aliphatic imine (C=N–C) groups is 1. The van der Waals surface area contributed by atoms with Gasteiger partial charge in [-0.1, -0.05) is 17.7 Å². The molecule has 0 saturated heterocycles. The molecular formula is C22H26ClN5O7S. The van der Waals surface area contributed by atoms with Crippen LogP contribution in [-0.2, 0) is 26.0 Å². The van der Waals surface area contributed by atoms with Crippen LogP contribution in [-0.4, -0.2) is 57.2 Å². The maximum atomic E-state index is 12.9. The lowest BCUT2D eigenvalue weighted by atomic mass is 10.0. The van der Waals surface area contributed by atoms with Crippen LogP contribution in [0.25, 0.3) is 0 Å². The van der Waals surface area contributed by atoms with E-state index in [0.29, 0.717) is 36.4 Å². The molecule has 0 spiro atoms. The van der Waals surface area contributed by atoms with Crippen molar-refractivity contribution in [3.05, 3.63) is 47.0 Å². The number of ether oxygens (including phenoxy) is 2. The maximum Gasteiger partial charge on any atom is 0.322 e. The monoisotopic (exact) mass is 539 g/mol. The number of hydrogen-bond acceptors (Lipinski definition) is 7. The summed E-state index contributed by atoms with van der Waals surface area (Å²) < 4.78 is 38.8. The molecule has 36 heavy (non-hydrogen) atoms. The van der Waals surface area contributed by atoms with Gasteiger partial charge in [-0.15, -0.1) is 0 Å². The Balaban J connectivity index is 1.73. The molecule has 2 atom stereocenters. The van der Waals surface area contributed by atoms with Gasteiger partial charge in [0.25, 0.3) is 5.91 Å². The third kappa shape index (κ3) is 6.77. The van der Waals surface area contributed by atoms with E-state index in [9.17, 15) is 23.1 Å². The van der Waals surface area contributed by atoms with E-state index in [4.69, 9.17) is 32.5 Å². The van der Waals surface area contributed by atoms with Gasteiger partial charge in [0.1, 0.15) is 22.4 Å². The van der Waals surface area contributed by atoms with Crippen molar-refractivity contribution in [2.75, 3.05) is 19.0 Å². The van der Waals surface area contributed by atoms with Gasteiger partial charge in [0.15, 0.2) is 12.1 Å². The Morgan fingerprint density at radius 1 is 1.31 bits per heavy atom. The van der Waals surface area contributed by atoms with Crippen LogP contribution in [0.3, 0.4) is 0 Å². The van der Waals surface area contributed by atoms with Crippen molar-refractivity contribution >= 4 is 45.1 Å². The summed E-state index contributed by atoms with van der Waals surface area (Å²) in [7, 11) is -3.01. The zero-order chi connectivity index (χ0) is 26.5. The first-order valence-corrected chi connectivity index (χ1v) is 12.6. The Morgan fingerprint density at radius 3 is 2.72 bits per heavy atom. The SMILES string of the molecule is COc1ccc(Cl)cc1S(=O)(=O)N[C@@H](Cc1ccc2c(c1)NC(=O)[C@@H](CCCN=C(N)N)O2)C(=O)O. The van der Waals surface area contributed by atoms with E-state index in [-0.39, 0.29) is 34.0 Å². The number of hydrogen-bond donors (Lipinski definition) is 5. The molecule has 1 aliphatic rings. The third-order valence-electron chi connectivity index (χ3n) is 5.23. The number of anilines is 1. The van der Waals surface area contributed by atoms with Crippen molar-refractivity contribution in [2.45, 2.75) is 36.3 Å². The molecule has 0 saturated carbocycles. The fraction of sp³-hybridized carbons (Fsp3) is 0.318. The molecule has 0 fully saturated rings. The zero-order valence-corrected chi connectivity index (χ0v) is 20.8. The quantitative estimate of drug-likeness (QED) is 0.157. The van der Waals surface area contributed by atoms with Crippen LogP contribution in [0.15, 0.2) is 46.3 Å². The first kappa shape index (κ1) is 27.0. The van der Waals surface area contributed by atoms with Gasteiger partial charge in [-0.25, -0.2) is 8.42 Å². The smallest absolute Gasteiger partial charge is 0.322 e. The second kappa shape index (κ2) is 11.5. The number of fused-ring (bicyclic) bond motifs is 1. The highest BCUT2D eigenvalue weighted by atomic mass is 35.5. The minimum Gasteiger partial charge on any atom is -0.495 e. The van der Waals surface area contributed by atoms with Gasteiger partial charge in [-0.05, 0) is 55.2 Å².